The van der Waals surface area contributed by atoms with Crippen LogP contribution in [0.25, 0.3) is 0 Å². The molecule has 0 saturated carbocycles. The molecule has 1 heterocycles. The van der Waals surface area contributed by atoms with E-state index in [0.717, 1.165) is 11.3 Å². The van der Waals surface area contributed by atoms with Crippen LogP contribution < -0.4 is 0 Å². The van der Waals surface area contributed by atoms with Crippen molar-refractivity contribution < 1.29 is 14.3 Å². The lowest BCUT2D eigenvalue weighted by molar-refractivity contribution is -0.136. The fourth-order valence-corrected chi connectivity index (χ4v) is 1.25. The van der Waals surface area contributed by atoms with Gasteiger partial charge in [-0.2, -0.15) is 4.39 Å². The first-order valence-electron chi connectivity index (χ1n) is 2.64. The Kier molecular flexibility index (Phi) is 2.01. The highest BCUT2D eigenvalue weighted by Crippen LogP contribution is 2.14. The van der Waals surface area contributed by atoms with Gasteiger partial charge in [0.1, 0.15) is 0 Å². The summed E-state index contributed by atoms with van der Waals surface area (Å²) in [5.41, 5.74) is 0.262. The lowest BCUT2D eigenvalue weighted by atomic mass is 10.2. The molecule has 1 rings (SSSR count). The van der Waals surface area contributed by atoms with Crippen LogP contribution >= 0.6 is 11.3 Å². The SMILES string of the molecule is O=C(O)Cc1ccsc1F. The minimum atomic E-state index is -1.00. The van der Waals surface area contributed by atoms with Gasteiger partial charge >= 0.3 is 5.97 Å². The monoisotopic (exact) mass is 160 g/mol. The summed E-state index contributed by atoms with van der Waals surface area (Å²) < 4.78 is 12.5. The van der Waals surface area contributed by atoms with Gasteiger partial charge in [-0.15, -0.1) is 11.3 Å². The van der Waals surface area contributed by atoms with Crippen molar-refractivity contribution in [2.24, 2.45) is 0 Å². The van der Waals surface area contributed by atoms with Gasteiger partial charge in [0.15, 0.2) is 5.13 Å². The third kappa shape index (κ3) is 1.54. The molecule has 0 spiro atoms. The van der Waals surface area contributed by atoms with Gasteiger partial charge in [-0.1, -0.05) is 0 Å². The Balaban J connectivity index is 2.74. The molecule has 10 heavy (non-hydrogen) atoms. The van der Waals surface area contributed by atoms with Crippen LogP contribution in [0.15, 0.2) is 11.4 Å². The highest BCUT2D eigenvalue weighted by atomic mass is 32.1. The number of thiophene rings is 1. The molecule has 1 N–H and O–H groups in total. The van der Waals surface area contributed by atoms with Crippen molar-refractivity contribution in [2.45, 2.75) is 6.42 Å². The largest absolute Gasteiger partial charge is 0.481 e. The Labute approximate surface area is 60.9 Å². The molecule has 0 radical (unpaired) electrons. The maximum atomic E-state index is 12.5. The van der Waals surface area contributed by atoms with Crippen LogP contribution in [0, 0.1) is 5.13 Å². The first-order chi connectivity index (χ1) is 4.70. The summed E-state index contributed by atoms with van der Waals surface area (Å²) in [4.78, 5) is 10.1. The van der Waals surface area contributed by atoms with Gasteiger partial charge in [-0.05, 0) is 11.4 Å². The Morgan fingerprint density at radius 2 is 2.50 bits per heavy atom. The third-order valence-corrected chi connectivity index (χ3v) is 1.78. The molecule has 54 valence electrons. The van der Waals surface area contributed by atoms with E-state index < -0.39 is 11.1 Å². The van der Waals surface area contributed by atoms with Crippen molar-refractivity contribution in [1.82, 2.24) is 0 Å². The van der Waals surface area contributed by atoms with Crippen LogP contribution in [0.2, 0.25) is 0 Å². The topological polar surface area (TPSA) is 37.3 Å². The van der Waals surface area contributed by atoms with Gasteiger partial charge in [-0.25, -0.2) is 0 Å². The summed E-state index contributed by atoms with van der Waals surface area (Å²) in [7, 11) is 0. The molecule has 0 bridgehead atoms. The second-order valence-electron chi connectivity index (χ2n) is 1.79. The Hall–Kier alpha value is -0.900. The van der Waals surface area contributed by atoms with E-state index >= 15 is 0 Å². The van der Waals surface area contributed by atoms with Crippen LogP contribution in [-0.4, -0.2) is 11.1 Å². The normalized spacial score (nSPS) is 9.70. The molecule has 1 aromatic heterocycles. The number of rotatable bonds is 2. The zero-order valence-corrected chi connectivity index (χ0v) is 5.82. The van der Waals surface area contributed by atoms with Crippen molar-refractivity contribution in [1.29, 1.82) is 0 Å². The molecule has 0 aliphatic heterocycles. The molecule has 4 heteroatoms. The lowest BCUT2D eigenvalue weighted by Gasteiger charge is -1.88. The van der Waals surface area contributed by atoms with Crippen molar-refractivity contribution in [3.05, 3.63) is 22.1 Å². The molecule has 0 aromatic carbocycles. The minimum Gasteiger partial charge on any atom is -0.481 e. The molecule has 2 nitrogen and oxygen atoms in total. The number of aliphatic carboxylic acids is 1. The van der Waals surface area contributed by atoms with Gasteiger partial charge in [0, 0.05) is 5.56 Å². The van der Waals surface area contributed by atoms with Crippen LogP contribution in [0.3, 0.4) is 0 Å². The highest BCUT2D eigenvalue weighted by molar-refractivity contribution is 7.08. The van der Waals surface area contributed by atoms with Gasteiger partial charge in [0.25, 0.3) is 0 Å². The number of hydrogen-bond donors (Lipinski definition) is 1. The second kappa shape index (κ2) is 2.79. The summed E-state index contributed by atoms with van der Waals surface area (Å²) in [6.45, 7) is 0. The standard InChI is InChI=1S/C6H5FO2S/c7-6-4(1-2-10-6)3-5(8)9/h1-2H,3H2,(H,8,9). The molecule has 0 atom stereocenters. The Bertz CT molecular complexity index is 244. The highest BCUT2D eigenvalue weighted by Gasteiger charge is 2.06. The summed E-state index contributed by atoms with van der Waals surface area (Å²) >= 11 is 0.916. The zero-order chi connectivity index (χ0) is 7.56. The van der Waals surface area contributed by atoms with Crippen molar-refractivity contribution in [2.75, 3.05) is 0 Å². The fraction of sp³-hybridized carbons (Fsp3) is 0.167. The predicted molar refractivity (Wildman–Crippen MR) is 35.6 cm³/mol. The predicted octanol–water partition coefficient (Wildman–Crippen LogP) is 1.51. The fourth-order valence-electron chi connectivity index (χ4n) is 0.608. The Morgan fingerprint density at radius 1 is 1.80 bits per heavy atom. The van der Waals surface area contributed by atoms with E-state index in [-0.39, 0.29) is 12.0 Å². The van der Waals surface area contributed by atoms with E-state index in [0.29, 0.717) is 0 Å². The van der Waals surface area contributed by atoms with E-state index in [1.807, 2.05) is 0 Å². The van der Waals surface area contributed by atoms with E-state index in [9.17, 15) is 9.18 Å². The lowest BCUT2D eigenvalue weighted by Crippen LogP contribution is -1.99. The van der Waals surface area contributed by atoms with E-state index in [4.69, 9.17) is 5.11 Å². The minimum absolute atomic E-state index is 0.227. The van der Waals surface area contributed by atoms with E-state index in [2.05, 4.69) is 0 Å². The van der Waals surface area contributed by atoms with Crippen molar-refractivity contribution in [3.8, 4) is 0 Å². The summed E-state index contributed by atoms with van der Waals surface area (Å²) in [5, 5.41) is 9.38. The van der Waals surface area contributed by atoms with Crippen LogP contribution in [0.5, 0.6) is 0 Å². The van der Waals surface area contributed by atoms with Crippen LogP contribution in [0.1, 0.15) is 5.56 Å². The number of carboxylic acids is 1. The van der Waals surface area contributed by atoms with Gasteiger partial charge in [-0.3, -0.25) is 4.79 Å². The molecular formula is C6H5FO2S. The number of carboxylic acid groups (broad SMARTS) is 1. The summed E-state index contributed by atoms with van der Waals surface area (Å²) in [6.07, 6.45) is -0.227. The first-order valence-corrected chi connectivity index (χ1v) is 3.52. The number of carbonyl (C=O) groups is 1. The van der Waals surface area contributed by atoms with Crippen molar-refractivity contribution in [3.63, 3.8) is 0 Å². The van der Waals surface area contributed by atoms with Crippen LogP contribution in [-0.2, 0) is 11.2 Å². The summed E-state index contributed by atoms with van der Waals surface area (Å²) in [6, 6.07) is 1.48. The number of halogens is 1. The quantitative estimate of drug-likeness (QED) is 0.712. The Morgan fingerprint density at radius 3 is 2.90 bits per heavy atom. The molecular weight excluding hydrogens is 155 g/mol. The number of hydrogen-bond acceptors (Lipinski definition) is 2. The molecule has 0 fully saturated rings. The summed E-state index contributed by atoms with van der Waals surface area (Å²) in [5.74, 6) is -1.00. The van der Waals surface area contributed by atoms with Crippen molar-refractivity contribution >= 4 is 17.3 Å². The second-order valence-corrected chi connectivity index (χ2v) is 2.66. The van der Waals surface area contributed by atoms with Gasteiger partial charge in [0.2, 0.25) is 0 Å². The van der Waals surface area contributed by atoms with Gasteiger partial charge < -0.3 is 5.11 Å². The molecule has 1 aromatic rings. The molecule has 0 amide bonds. The molecule has 0 aliphatic carbocycles. The zero-order valence-electron chi connectivity index (χ0n) is 5.00. The van der Waals surface area contributed by atoms with E-state index in [1.165, 1.54) is 11.4 Å². The van der Waals surface area contributed by atoms with Gasteiger partial charge in [0.05, 0.1) is 6.42 Å². The van der Waals surface area contributed by atoms with Crippen LogP contribution in [0.4, 0.5) is 4.39 Å². The molecule has 0 unspecified atom stereocenters. The maximum Gasteiger partial charge on any atom is 0.307 e. The molecule has 0 aliphatic rings. The maximum absolute atomic E-state index is 12.5. The molecule has 0 saturated heterocycles. The third-order valence-electron chi connectivity index (χ3n) is 1.03. The smallest absolute Gasteiger partial charge is 0.307 e. The average molecular weight is 160 g/mol. The average Bonchev–Trinajstić information content (AvgIpc) is 2.15. The van der Waals surface area contributed by atoms with E-state index in [1.54, 1.807) is 0 Å². The first kappa shape index (κ1) is 7.21.